The molecule has 0 saturated carbocycles. The SMILES string of the molecule is CC.CC.Cc1cc2c(cn1)C(=O)OC21CCN(C)CC1. The van der Waals surface area contributed by atoms with E-state index in [9.17, 15) is 4.79 Å². The number of hydrogen-bond donors (Lipinski definition) is 0. The van der Waals surface area contributed by atoms with Gasteiger partial charge in [-0.2, -0.15) is 0 Å². The van der Waals surface area contributed by atoms with E-state index >= 15 is 0 Å². The first-order valence-corrected chi connectivity index (χ1v) is 8.00. The molecule has 0 bridgehead atoms. The number of nitrogens with zero attached hydrogens (tertiary/aromatic N) is 2. The third-order valence-electron chi connectivity index (χ3n) is 3.83. The molecular weight excluding hydrogens is 264 g/mol. The molecule has 4 heteroatoms. The Hall–Kier alpha value is -1.42. The van der Waals surface area contributed by atoms with Crippen molar-refractivity contribution in [1.29, 1.82) is 0 Å². The largest absolute Gasteiger partial charge is 0.450 e. The average Bonchev–Trinajstić information content (AvgIpc) is 2.79. The lowest BCUT2D eigenvalue weighted by Gasteiger charge is -2.36. The van der Waals surface area contributed by atoms with Crippen LogP contribution >= 0.6 is 0 Å². The molecule has 1 aromatic rings. The van der Waals surface area contributed by atoms with Crippen molar-refractivity contribution in [1.82, 2.24) is 9.88 Å². The van der Waals surface area contributed by atoms with Gasteiger partial charge in [-0.05, 0) is 20.0 Å². The standard InChI is InChI=1S/C13H16N2O2.2C2H6/c1-9-7-11-10(8-14-9)12(16)17-13(11)3-5-15(2)6-4-13;2*1-2/h7-8H,3-6H2,1-2H3;2*1-2H3. The van der Waals surface area contributed by atoms with Gasteiger partial charge in [0.25, 0.3) is 0 Å². The summed E-state index contributed by atoms with van der Waals surface area (Å²) >= 11 is 0. The second-order valence-corrected chi connectivity index (χ2v) is 5.06. The molecule has 1 fully saturated rings. The van der Waals surface area contributed by atoms with E-state index in [2.05, 4.69) is 16.9 Å². The predicted molar refractivity (Wildman–Crippen MR) is 85.5 cm³/mol. The molecule has 1 saturated heterocycles. The van der Waals surface area contributed by atoms with Crippen LogP contribution in [0.25, 0.3) is 0 Å². The maximum Gasteiger partial charge on any atom is 0.341 e. The number of esters is 1. The van der Waals surface area contributed by atoms with E-state index in [4.69, 9.17) is 4.74 Å². The monoisotopic (exact) mass is 292 g/mol. The molecule has 0 unspecified atom stereocenters. The highest BCUT2D eigenvalue weighted by atomic mass is 16.6. The molecule has 0 atom stereocenters. The fraction of sp³-hybridized carbons (Fsp3) is 0.647. The second-order valence-electron chi connectivity index (χ2n) is 5.06. The van der Waals surface area contributed by atoms with Crippen molar-refractivity contribution in [2.75, 3.05) is 20.1 Å². The summed E-state index contributed by atoms with van der Waals surface area (Å²) in [4.78, 5) is 18.3. The molecule has 3 heterocycles. The maximum absolute atomic E-state index is 11.9. The fourth-order valence-electron chi connectivity index (χ4n) is 2.74. The normalized spacial score (nSPS) is 18.9. The number of hydrogen-bond acceptors (Lipinski definition) is 4. The van der Waals surface area contributed by atoms with Gasteiger partial charge in [-0.25, -0.2) is 4.79 Å². The number of pyridine rings is 1. The van der Waals surface area contributed by atoms with Gasteiger partial charge in [0.2, 0.25) is 0 Å². The van der Waals surface area contributed by atoms with Crippen molar-refractivity contribution in [2.24, 2.45) is 0 Å². The lowest BCUT2D eigenvalue weighted by molar-refractivity contribution is -0.0394. The van der Waals surface area contributed by atoms with Crippen molar-refractivity contribution in [3.05, 3.63) is 29.1 Å². The van der Waals surface area contributed by atoms with Crippen LogP contribution < -0.4 is 0 Å². The minimum atomic E-state index is -0.382. The first-order chi connectivity index (χ1) is 10.1. The third-order valence-corrected chi connectivity index (χ3v) is 3.83. The molecule has 2 aliphatic rings. The van der Waals surface area contributed by atoms with Crippen LogP contribution in [-0.2, 0) is 10.3 Å². The molecule has 0 radical (unpaired) electrons. The zero-order chi connectivity index (χ0) is 16.0. The van der Waals surface area contributed by atoms with Crippen LogP contribution in [0.15, 0.2) is 12.3 Å². The van der Waals surface area contributed by atoms with Crippen molar-refractivity contribution in [3.63, 3.8) is 0 Å². The summed E-state index contributed by atoms with van der Waals surface area (Å²) in [6.45, 7) is 11.9. The Kier molecular flexibility index (Phi) is 6.34. The number of likely N-dealkylation sites (tertiary alicyclic amines) is 1. The van der Waals surface area contributed by atoms with E-state index in [-0.39, 0.29) is 11.6 Å². The van der Waals surface area contributed by atoms with E-state index in [1.807, 2.05) is 40.7 Å². The first-order valence-electron chi connectivity index (χ1n) is 8.00. The number of rotatable bonds is 0. The summed E-state index contributed by atoms with van der Waals surface area (Å²) < 4.78 is 5.66. The number of piperidine rings is 1. The van der Waals surface area contributed by atoms with Crippen LogP contribution in [0.1, 0.15) is 62.2 Å². The maximum atomic E-state index is 11.9. The number of fused-ring (bicyclic) bond motifs is 2. The van der Waals surface area contributed by atoms with Crippen molar-refractivity contribution in [2.45, 2.75) is 53.1 Å². The highest BCUT2D eigenvalue weighted by molar-refractivity contribution is 5.94. The summed E-state index contributed by atoms with van der Waals surface area (Å²) in [5.74, 6) is -0.211. The minimum absolute atomic E-state index is 0.211. The number of carbonyl (C=O) groups excluding carboxylic acids is 1. The first kappa shape index (κ1) is 17.6. The Morgan fingerprint density at radius 1 is 1.19 bits per heavy atom. The van der Waals surface area contributed by atoms with Gasteiger partial charge in [0.05, 0.1) is 5.56 Å². The predicted octanol–water partition coefficient (Wildman–Crippen LogP) is 3.53. The van der Waals surface area contributed by atoms with Gasteiger partial charge in [0.1, 0.15) is 5.60 Å². The summed E-state index contributed by atoms with van der Waals surface area (Å²) in [5, 5.41) is 0. The summed E-state index contributed by atoms with van der Waals surface area (Å²) in [6.07, 6.45) is 3.41. The van der Waals surface area contributed by atoms with Gasteiger partial charge in [-0.1, -0.05) is 27.7 Å². The molecule has 21 heavy (non-hydrogen) atoms. The topological polar surface area (TPSA) is 42.4 Å². The zero-order valence-electron chi connectivity index (χ0n) is 14.2. The smallest absolute Gasteiger partial charge is 0.341 e. The Balaban J connectivity index is 0.000000510. The Morgan fingerprint density at radius 3 is 2.33 bits per heavy atom. The van der Waals surface area contributed by atoms with Gasteiger partial charge in [0, 0.05) is 43.4 Å². The molecule has 2 aliphatic heterocycles. The van der Waals surface area contributed by atoms with Crippen LogP contribution in [0, 0.1) is 6.92 Å². The van der Waals surface area contributed by atoms with Gasteiger partial charge in [-0.3, -0.25) is 4.98 Å². The van der Waals surface area contributed by atoms with Crippen molar-refractivity contribution >= 4 is 5.97 Å². The van der Waals surface area contributed by atoms with Crippen LogP contribution in [-0.4, -0.2) is 36.0 Å². The summed E-state index contributed by atoms with van der Waals surface area (Å²) in [6, 6.07) is 2.01. The summed E-state index contributed by atoms with van der Waals surface area (Å²) in [5.41, 5.74) is 2.26. The van der Waals surface area contributed by atoms with Crippen LogP contribution in [0.4, 0.5) is 0 Å². The molecule has 1 aromatic heterocycles. The molecular formula is C17H28N2O2. The van der Waals surface area contributed by atoms with E-state index in [1.165, 1.54) is 0 Å². The molecule has 118 valence electrons. The second kappa shape index (κ2) is 7.55. The molecule has 0 N–H and O–H groups in total. The van der Waals surface area contributed by atoms with Crippen molar-refractivity contribution < 1.29 is 9.53 Å². The van der Waals surface area contributed by atoms with Gasteiger partial charge >= 0.3 is 5.97 Å². The van der Waals surface area contributed by atoms with Gasteiger partial charge in [-0.15, -0.1) is 0 Å². The number of aryl methyl sites for hydroxylation is 1. The Morgan fingerprint density at radius 2 is 1.76 bits per heavy atom. The summed E-state index contributed by atoms with van der Waals surface area (Å²) in [7, 11) is 2.10. The molecule has 1 spiro atoms. The highest BCUT2D eigenvalue weighted by Gasteiger charge is 2.47. The molecule has 0 aromatic carbocycles. The van der Waals surface area contributed by atoms with E-state index in [1.54, 1.807) is 6.20 Å². The molecule has 0 amide bonds. The van der Waals surface area contributed by atoms with Crippen LogP contribution in [0.2, 0.25) is 0 Å². The minimum Gasteiger partial charge on any atom is -0.450 e. The lowest BCUT2D eigenvalue weighted by Crippen LogP contribution is -2.41. The highest BCUT2D eigenvalue weighted by Crippen LogP contribution is 2.43. The molecule has 0 aliphatic carbocycles. The number of ether oxygens (including phenoxy) is 1. The third kappa shape index (κ3) is 3.43. The zero-order valence-corrected chi connectivity index (χ0v) is 14.2. The van der Waals surface area contributed by atoms with Gasteiger partial charge < -0.3 is 9.64 Å². The van der Waals surface area contributed by atoms with Crippen LogP contribution in [0.3, 0.4) is 0 Å². The molecule has 3 rings (SSSR count). The van der Waals surface area contributed by atoms with E-state index in [0.29, 0.717) is 5.56 Å². The lowest BCUT2D eigenvalue weighted by atomic mass is 9.84. The average molecular weight is 292 g/mol. The Bertz CT molecular complexity index is 478. The fourth-order valence-corrected chi connectivity index (χ4v) is 2.74. The van der Waals surface area contributed by atoms with E-state index < -0.39 is 0 Å². The Labute approximate surface area is 128 Å². The van der Waals surface area contributed by atoms with Crippen molar-refractivity contribution in [3.8, 4) is 0 Å². The number of aromatic nitrogens is 1. The quantitative estimate of drug-likeness (QED) is 0.686. The van der Waals surface area contributed by atoms with Crippen LogP contribution in [0.5, 0.6) is 0 Å². The van der Waals surface area contributed by atoms with Gasteiger partial charge in [0.15, 0.2) is 0 Å². The number of carbonyl (C=O) groups is 1. The molecule has 4 nitrogen and oxygen atoms in total. The van der Waals surface area contributed by atoms with E-state index in [0.717, 1.165) is 37.2 Å².